The summed E-state index contributed by atoms with van der Waals surface area (Å²) in [4.78, 5) is 17.8. The standard InChI is InChI=1S/C20H19Cl2N3O2/c1-25(11-14-9-13-5-3-4-6-16(13)24-20(14)22)12-19(26)23-17-10-15(21)7-8-18(17)27-2/h3-10H,11-12H2,1-2H3,(H,23,26)/p+1. The molecule has 3 rings (SSSR count). The lowest BCUT2D eigenvalue weighted by Gasteiger charge is -2.16. The first-order valence-electron chi connectivity index (χ1n) is 8.45. The summed E-state index contributed by atoms with van der Waals surface area (Å²) >= 11 is 12.3. The third-order valence-corrected chi connectivity index (χ3v) is 4.70. The summed E-state index contributed by atoms with van der Waals surface area (Å²) in [5.41, 5.74) is 2.31. The van der Waals surface area contributed by atoms with Crippen LogP contribution in [-0.4, -0.2) is 31.6 Å². The highest BCUT2D eigenvalue weighted by molar-refractivity contribution is 6.31. The summed E-state index contributed by atoms with van der Waals surface area (Å²) in [6, 6.07) is 14.9. The van der Waals surface area contributed by atoms with Crippen LogP contribution in [0.4, 0.5) is 5.69 Å². The number of fused-ring (bicyclic) bond motifs is 1. The average molecular weight is 405 g/mol. The van der Waals surface area contributed by atoms with E-state index in [9.17, 15) is 4.79 Å². The van der Waals surface area contributed by atoms with Crippen molar-refractivity contribution >= 4 is 45.7 Å². The second-order valence-electron chi connectivity index (χ2n) is 6.33. The number of amides is 1. The molecule has 0 saturated heterocycles. The van der Waals surface area contributed by atoms with E-state index in [-0.39, 0.29) is 12.5 Å². The molecule has 1 atom stereocenters. The Hall–Kier alpha value is -2.34. The van der Waals surface area contributed by atoms with Crippen molar-refractivity contribution in [2.45, 2.75) is 6.54 Å². The molecule has 0 fully saturated rings. The van der Waals surface area contributed by atoms with Crippen LogP contribution in [-0.2, 0) is 11.3 Å². The van der Waals surface area contributed by atoms with Gasteiger partial charge in [-0.05, 0) is 30.3 Å². The van der Waals surface area contributed by atoms with Gasteiger partial charge in [0, 0.05) is 16.0 Å². The number of methoxy groups -OCH3 is 1. The van der Waals surface area contributed by atoms with Gasteiger partial charge in [0.25, 0.3) is 5.91 Å². The summed E-state index contributed by atoms with van der Waals surface area (Å²) in [7, 11) is 3.48. The molecule has 2 aromatic carbocycles. The fraction of sp³-hybridized carbons (Fsp3) is 0.200. The molecule has 0 aliphatic carbocycles. The second kappa shape index (κ2) is 8.57. The lowest BCUT2D eigenvalue weighted by atomic mass is 10.1. The van der Waals surface area contributed by atoms with E-state index < -0.39 is 0 Å². The molecular formula is C20H20Cl2N3O2+. The topological polar surface area (TPSA) is 55.7 Å². The van der Waals surface area contributed by atoms with E-state index in [1.807, 2.05) is 37.4 Å². The molecular weight excluding hydrogens is 385 g/mol. The van der Waals surface area contributed by atoms with Gasteiger partial charge in [0.2, 0.25) is 0 Å². The van der Waals surface area contributed by atoms with Crippen molar-refractivity contribution < 1.29 is 14.4 Å². The number of benzene rings is 2. The molecule has 140 valence electrons. The highest BCUT2D eigenvalue weighted by Crippen LogP contribution is 2.27. The maximum Gasteiger partial charge on any atom is 0.279 e. The highest BCUT2D eigenvalue weighted by Gasteiger charge is 2.15. The Balaban J connectivity index is 1.67. The molecule has 0 aliphatic rings. The van der Waals surface area contributed by atoms with Gasteiger partial charge in [-0.15, -0.1) is 0 Å². The molecule has 0 saturated carbocycles. The number of likely N-dealkylation sites (N-methyl/N-ethyl adjacent to an activating group) is 1. The number of hydrogen-bond donors (Lipinski definition) is 2. The van der Waals surface area contributed by atoms with E-state index in [4.69, 9.17) is 27.9 Å². The van der Waals surface area contributed by atoms with E-state index in [0.29, 0.717) is 28.2 Å². The number of ether oxygens (including phenoxy) is 1. The Morgan fingerprint density at radius 2 is 1.96 bits per heavy atom. The van der Waals surface area contributed by atoms with Gasteiger partial charge in [-0.3, -0.25) is 4.79 Å². The number of carbonyl (C=O) groups excluding carboxylic acids is 1. The Morgan fingerprint density at radius 1 is 1.19 bits per heavy atom. The summed E-state index contributed by atoms with van der Waals surface area (Å²) < 4.78 is 5.25. The number of nitrogens with zero attached hydrogens (tertiary/aromatic N) is 1. The molecule has 0 spiro atoms. The number of aromatic nitrogens is 1. The minimum absolute atomic E-state index is 0.141. The van der Waals surface area contributed by atoms with Crippen LogP contribution in [0.25, 0.3) is 10.9 Å². The number of anilines is 1. The number of rotatable bonds is 6. The number of nitrogens with one attached hydrogen (secondary N) is 2. The summed E-state index contributed by atoms with van der Waals surface area (Å²) in [5, 5.41) is 4.86. The SMILES string of the molecule is COc1ccc(Cl)cc1NC(=O)C[NH+](C)Cc1cc2ccccc2nc1Cl. The fourth-order valence-corrected chi connectivity index (χ4v) is 3.28. The molecule has 5 nitrogen and oxygen atoms in total. The Kier molecular flexibility index (Phi) is 6.16. The molecule has 7 heteroatoms. The molecule has 1 heterocycles. The van der Waals surface area contributed by atoms with Crippen molar-refractivity contribution in [1.82, 2.24) is 4.98 Å². The molecule has 0 radical (unpaired) electrons. The molecule has 0 bridgehead atoms. The maximum absolute atomic E-state index is 12.4. The zero-order chi connectivity index (χ0) is 19.4. The van der Waals surface area contributed by atoms with Crippen molar-refractivity contribution in [3.63, 3.8) is 0 Å². The lowest BCUT2D eigenvalue weighted by molar-refractivity contribution is -0.885. The van der Waals surface area contributed by atoms with Crippen LogP contribution in [0.15, 0.2) is 48.5 Å². The number of quaternary nitrogens is 1. The normalized spacial score (nSPS) is 12.0. The zero-order valence-electron chi connectivity index (χ0n) is 15.1. The van der Waals surface area contributed by atoms with Crippen LogP contribution >= 0.6 is 23.2 Å². The highest BCUT2D eigenvalue weighted by atomic mass is 35.5. The van der Waals surface area contributed by atoms with E-state index in [2.05, 4.69) is 10.3 Å². The van der Waals surface area contributed by atoms with Gasteiger partial charge in [-0.25, -0.2) is 4.98 Å². The van der Waals surface area contributed by atoms with Crippen molar-refractivity contribution in [3.8, 4) is 5.75 Å². The molecule has 27 heavy (non-hydrogen) atoms. The maximum atomic E-state index is 12.4. The first-order chi connectivity index (χ1) is 13.0. The van der Waals surface area contributed by atoms with Crippen LogP contribution in [0.1, 0.15) is 5.56 Å². The summed E-state index contributed by atoms with van der Waals surface area (Å²) in [6.45, 7) is 0.843. The van der Waals surface area contributed by atoms with E-state index in [1.165, 1.54) is 0 Å². The Labute approximate surface area is 167 Å². The third kappa shape index (κ3) is 4.89. The Bertz CT molecular complexity index is 979. The van der Waals surface area contributed by atoms with Crippen molar-refractivity contribution in [1.29, 1.82) is 0 Å². The van der Waals surface area contributed by atoms with Crippen LogP contribution in [0.3, 0.4) is 0 Å². The van der Waals surface area contributed by atoms with Gasteiger partial charge in [-0.2, -0.15) is 0 Å². The lowest BCUT2D eigenvalue weighted by Crippen LogP contribution is -3.08. The minimum atomic E-state index is -0.141. The zero-order valence-corrected chi connectivity index (χ0v) is 16.6. The van der Waals surface area contributed by atoms with Crippen molar-refractivity contribution in [2.75, 3.05) is 26.0 Å². The molecule has 3 aromatic rings. The van der Waals surface area contributed by atoms with Crippen molar-refractivity contribution in [3.05, 3.63) is 64.3 Å². The summed E-state index contributed by atoms with van der Waals surface area (Å²) in [5.74, 6) is 0.421. The number of hydrogen-bond acceptors (Lipinski definition) is 3. The molecule has 1 unspecified atom stereocenters. The predicted molar refractivity (Wildman–Crippen MR) is 109 cm³/mol. The Morgan fingerprint density at radius 3 is 2.74 bits per heavy atom. The van der Waals surface area contributed by atoms with E-state index >= 15 is 0 Å². The summed E-state index contributed by atoms with van der Waals surface area (Å²) in [6.07, 6.45) is 0. The minimum Gasteiger partial charge on any atom is -0.495 e. The quantitative estimate of drug-likeness (QED) is 0.620. The van der Waals surface area contributed by atoms with E-state index in [0.717, 1.165) is 21.4 Å². The van der Waals surface area contributed by atoms with Gasteiger partial charge in [0.15, 0.2) is 6.54 Å². The smallest absolute Gasteiger partial charge is 0.279 e. The van der Waals surface area contributed by atoms with Gasteiger partial charge >= 0.3 is 0 Å². The number of halogens is 2. The van der Waals surface area contributed by atoms with Gasteiger partial charge in [-0.1, -0.05) is 41.4 Å². The number of para-hydroxylation sites is 1. The number of pyridine rings is 1. The molecule has 0 aliphatic heterocycles. The predicted octanol–water partition coefficient (Wildman–Crippen LogP) is 3.20. The van der Waals surface area contributed by atoms with Crippen LogP contribution < -0.4 is 15.0 Å². The van der Waals surface area contributed by atoms with Gasteiger partial charge < -0.3 is 15.0 Å². The van der Waals surface area contributed by atoms with Crippen LogP contribution in [0, 0.1) is 0 Å². The molecule has 2 N–H and O–H groups in total. The van der Waals surface area contributed by atoms with E-state index in [1.54, 1.807) is 25.3 Å². The van der Waals surface area contributed by atoms with Crippen LogP contribution in [0.5, 0.6) is 5.75 Å². The monoisotopic (exact) mass is 404 g/mol. The fourth-order valence-electron chi connectivity index (χ4n) is 2.89. The first kappa shape index (κ1) is 19.4. The third-order valence-electron chi connectivity index (χ3n) is 4.14. The van der Waals surface area contributed by atoms with Crippen LogP contribution in [0.2, 0.25) is 10.2 Å². The first-order valence-corrected chi connectivity index (χ1v) is 9.20. The molecule has 1 amide bonds. The number of carbonyl (C=O) groups is 1. The van der Waals surface area contributed by atoms with Gasteiger partial charge in [0.1, 0.15) is 17.4 Å². The average Bonchev–Trinajstić information content (AvgIpc) is 2.62. The second-order valence-corrected chi connectivity index (χ2v) is 7.13. The largest absolute Gasteiger partial charge is 0.495 e. The molecule has 1 aromatic heterocycles. The van der Waals surface area contributed by atoms with Gasteiger partial charge in [0.05, 0.1) is 25.4 Å². The van der Waals surface area contributed by atoms with Crippen molar-refractivity contribution in [2.24, 2.45) is 0 Å².